The molecule has 1 aliphatic heterocycles. The van der Waals surface area contributed by atoms with Gasteiger partial charge in [-0.3, -0.25) is 0 Å². The molecule has 0 saturated carbocycles. The molecule has 2 rings (SSSR count). The van der Waals surface area contributed by atoms with E-state index < -0.39 is 10.0 Å². The number of piperidine rings is 1. The average Bonchev–Trinajstić information content (AvgIpc) is 2.54. The summed E-state index contributed by atoms with van der Waals surface area (Å²) < 4.78 is 38.4. The van der Waals surface area contributed by atoms with Gasteiger partial charge in [-0.15, -0.1) is 0 Å². The fourth-order valence-corrected chi connectivity index (χ4v) is 4.91. The molecule has 1 saturated heterocycles. The zero-order valence-electron chi connectivity index (χ0n) is 12.9. The van der Waals surface area contributed by atoms with Crippen molar-refractivity contribution in [1.82, 2.24) is 9.62 Å². The summed E-state index contributed by atoms with van der Waals surface area (Å²) in [5.41, 5.74) is 0. The molecule has 0 amide bonds. The second-order valence-electron chi connectivity index (χ2n) is 5.13. The summed E-state index contributed by atoms with van der Waals surface area (Å²) in [4.78, 5) is 0.152. The molecule has 0 radical (unpaired) electrons. The van der Waals surface area contributed by atoms with Crippen molar-refractivity contribution < 1.29 is 17.9 Å². The van der Waals surface area contributed by atoms with Crippen LogP contribution in [0.2, 0.25) is 0 Å². The second-order valence-corrected chi connectivity index (χ2v) is 7.89. The van der Waals surface area contributed by atoms with Gasteiger partial charge in [-0.25, -0.2) is 8.42 Å². The highest BCUT2D eigenvalue weighted by Gasteiger charge is 2.32. The first-order valence-corrected chi connectivity index (χ1v) is 9.26. The van der Waals surface area contributed by atoms with E-state index >= 15 is 0 Å². The maximum Gasteiger partial charge on any atom is 0.246 e. The van der Waals surface area contributed by atoms with Crippen LogP contribution in [0, 0.1) is 0 Å². The Labute approximate surface area is 140 Å². The first kappa shape index (κ1) is 17.5. The summed E-state index contributed by atoms with van der Waals surface area (Å²) in [6.07, 6.45) is 1.82. The molecule has 1 aliphatic rings. The normalized spacial score (nSPS) is 19.9. The molecule has 0 aromatic heterocycles. The fraction of sp³-hybridized carbons (Fsp3) is 0.571. The predicted molar refractivity (Wildman–Crippen MR) is 88.1 cm³/mol. The van der Waals surface area contributed by atoms with Gasteiger partial charge >= 0.3 is 0 Å². The summed E-state index contributed by atoms with van der Waals surface area (Å²) in [6, 6.07) is 3.29. The number of methoxy groups -OCH3 is 2. The Morgan fingerprint density at radius 1 is 1.27 bits per heavy atom. The molecule has 0 spiro atoms. The summed E-state index contributed by atoms with van der Waals surface area (Å²) in [7, 11) is 1.22. The topological polar surface area (TPSA) is 67.9 Å². The summed E-state index contributed by atoms with van der Waals surface area (Å²) in [6.45, 7) is 0.985. The number of rotatable bonds is 5. The Hall–Kier alpha value is -0.830. The number of nitrogens with zero attached hydrogens (tertiary/aromatic N) is 1. The van der Waals surface area contributed by atoms with Gasteiger partial charge in [0.25, 0.3) is 0 Å². The predicted octanol–water partition coefficient (Wildman–Crippen LogP) is 1.84. The number of hydrogen-bond acceptors (Lipinski definition) is 5. The molecule has 1 unspecified atom stereocenters. The number of halogens is 1. The van der Waals surface area contributed by atoms with E-state index in [1.54, 1.807) is 6.07 Å². The third-order valence-electron chi connectivity index (χ3n) is 3.85. The lowest BCUT2D eigenvalue weighted by molar-refractivity contribution is 0.291. The Kier molecular flexibility index (Phi) is 5.70. The highest BCUT2D eigenvalue weighted by atomic mass is 79.9. The van der Waals surface area contributed by atoms with Crippen LogP contribution in [0.15, 0.2) is 21.5 Å². The number of hydrogen-bond donors (Lipinski definition) is 1. The van der Waals surface area contributed by atoms with Gasteiger partial charge in [0, 0.05) is 25.2 Å². The van der Waals surface area contributed by atoms with Crippen LogP contribution in [-0.4, -0.2) is 53.1 Å². The second kappa shape index (κ2) is 7.16. The minimum absolute atomic E-state index is 0.152. The molecule has 1 heterocycles. The number of benzene rings is 1. The van der Waals surface area contributed by atoms with Crippen LogP contribution in [0.4, 0.5) is 0 Å². The monoisotopic (exact) mass is 392 g/mol. The minimum atomic E-state index is -3.61. The molecule has 22 heavy (non-hydrogen) atoms. The summed E-state index contributed by atoms with van der Waals surface area (Å²) in [5.74, 6) is 0.814. The maximum absolute atomic E-state index is 12.9. The number of likely N-dealkylation sites (N-methyl/N-ethyl adjacent to an activating group) is 1. The lowest BCUT2D eigenvalue weighted by atomic mass is 10.1. The van der Waals surface area contributed by atoms with Crippen LogP contribution in [0.3, 0.4) is 0 Å². The molecule has 6 nitrogen and oxygen atoms in total. The van der Waals surface area contributed by atoms with Crippen LogP contribution < -0.4 is 14.8 Å². The lowest BCUT2D eigenvalue weighted by Crippen LogP contribution is -2.46. The first-order valence-electron chi connectivity index (χ1n) is 7.03. The molecule has 1 fully saturated rings. The largest absolute Gasteiger partial charge is 0.495 e. The SMILES string of the molecule is CNC1CCCN(S(=O)(=O)c2cc(Br)c(OC)cc2OC)C1. The van der Waals surface area contributed by atoms with Gasteiger partial charge in [-0.1, -0.05) is 0 Å². The quantitative estimate of drug-likeness (QED) is 0.827. The van der Waals surface area contributed by atoms with E-state index in [1.165, 1.54) is 24.6 Å². The van der Waals surface area contributed by atoms with E-state index in [0.717, 1.165) is 12.8 Å². The number of ether oxygens (including phenoxy) is 2. The third-order valence-corrected chi connectivity index (χ3v) is 6.35. The molecule has 124 valence electrons. The Morgan fingerprint density at radius 2 is 1.95 bits per heavy atom. The zero-order valence-corrected chi connectivity index (χ0v) is 15.3. The standard InChI is InChI=1S/C14H21BrN2O4S/c1-16-10-5-4-6-17(9-10)22(18,19)14-7-11(15)12(20-2)8-13(14)21-3/h7-8,10,16H,4-6,9H2,1-3H3. The summed E-state index contributed by atoms with van der Waals surface area (Å²) >= 11 is 3.34. The van der Waals surface area contributed by atoms with Crippen LogP contribution in [0.5, 0.6) is 11.5 Å². The molecule has 0 bridgehead atoms. The molecular formula is C14H21BrN2O4S. The van der Waals surface area contributed by atoms with Crippen molar-refractivity contribution in [3.8, 4) is 11.5 Å². The molecule has 0 aliphatic carbocycles. The van der Waals surface area contributed by atoms with Crippen molar-refractivity contribution >= 4 is 26.0 Å². The number of sulfonamides is 1. The molecule has 8 heteroatoms. The molecule has 1 atom stereocenters. The van der Waals surface area contributed by atoms with Crippen molar-refractivity contribution in [3.05, 3.63) is 16.6 Å². The van der Waals surface area contributed by atoms with Gasteiger partial charge in [-0.2, -0.15) is 4.31 Å². The Bertz CT molecular complexity index is 636. The average molecular weight is 393 g/mol. The minimum Gasteiger partial charge on any atom is -0.495 e. The van der Waals surface area contributed by atoms with Gasteiger partial charge < -0.3 is 14.8 Å². The Morgan fingerprint density at radius 3 is 2.55 bits per heavy atom. The van der Waals surface area contributed by atoms with Gasteiger partial charge in [0.1, 0.15) is 16.4 Å². The summed E-state index contributed by atoms with van der Waals surface area (Å²) in [5, 5.41) is 3.15. The van der Waals surface area contributed by atoms with Crippen molar-refractivity contribution in [2.24, 2.45) is 0 Å². The van der Waals surface area contributed by atoms with E-state index in [2.05, 4.69) is 21.2 Å². The van der Waals surface area contributed by atoms with Crippen LogP contribution in [-0.2, 0) is 10.0 Å². The van der Waals surface area contributed by atoms with Crippen molar-refractivity contribution in [1.29, 1.82) is 0 Å². The first-order chi connectivity index (χ1) is 10.4. The van der Waals surface area contributed by atoms with Gasteiger partial charge in [0.05, 0.1) is 18.7 Å². The molecule has 1 aromatic rings. The molecular weight excluding hydrogens is 372 g/mol. The van der Waals surface area contributed by atoms with Crippen molar-refractivity contribution in [2.45, 2.75) is 23.8 Å². The lowest BCUT2D eigenvalue weighted by Gasteiger charge is -2.32. The fourth-order valence-electron chi connectivity index (χ4n) is 2.57. The molecule has 1 N–H and O–H groups in total. The third kappa shape index (κ3) is 3.40. The van der Waals surface area contributed by atoms with E-state index in [0.29, 0.717) is 23.3 Å². The van der Waals surface area contributed by atoms with Crippen LogP contribution in [0.1, 0.15) is 12.8 Å². The van der Waals surface area contributed by atoms with E-state index in [1.807, 2.05) is 7.05 Å². The van der Waals surface area contributed by atoms with Crippen molar-refractivity contribution in [2.75, 3.05) is 34.4 Å². The van der Waals surface area contributed by atoms with Crippen molar-refractivity contribution in [3.63, 3.8) is 0 Å². The smallest absolute Gasteiger partial charge is 0.246 e. The van der Waals surface area contributed by atoms with E-state index in [-0.39, 0.29) is 16.7 Å². The Balaban J connectivity index is 2.42. The highest BCUT2D eigenvalue weighted by Crippen LogP contribution is 2.37. The van der Waals surface area contributed by atoms with Crippen LogP contribution >= 0.6 is 15.9 Å². The van der Waals surface area contributed by atoms with Gasteiger partial charge in [0.15, 0.2) is 0 Å². The zero-order chi connectivity index (χ0) is 16.3. The highest BCUT2D eigenvalue weighted by molar-refractivity contribution is 9.10. The maximum atomic E-state index is 12.9. The van der Waals surface area contributed by atoms with E-state index in [9.17, 15) is 8.42 Å². The van der Waals surface area contributed by atoms with Gasteiger partial charge in [-0.05, 0) is 41.9 Å². The van der Waals surface area contributed by atoms with E-state index in [4.69, 9.17) is 9.47 Å². The van der Waals surface area contributed by atoms with Crippen LogP contribution in [0.25, 0.3) is 0 Å². The number of nitrogens with one attached hydrogen (secondary N) is 1. The molecule has 1 aromatic carbocycles. The van der Waals surface area contributed by atoms with Gasteiger partial charge in [0.2, 0.25) is 10.0 Å².